The normalized spacial score (nSPS) is 15.7. The molecule has 0 aromatic heterocycles. The summed E-state index contributed by atoms with van der Waals surface area (Å²) in [5.74, 6) is 0.542. The molecule has 0 bridgehead atoms. The molecule has 1 aliphatic rings. The van der Waals surface area contributed by atoms with Crippen molar-refractivity contribution in [3.8, 4) is 0 Å². The van der Waals surface area contributed by atoms with E-state index in [4.69, 9.17) is 5.73 Å². The van der Waals surface area contributed by atoms with Crippen molar-refractivity contribution in [3.63, 3.8) is 0 Å². The molecule has 0 aliphatic heterocycles. The predicted molar refractivity (Wildman–Crippen MR) is 73.1 cm³/mol. The molecule has 0 spiro atoms. The van der Waals surface area contributed by atoms with Gasteiger partial charge in [0.15, 0.2) is 0 Å². The van der Waals surface area contributed by atoms with Crippen LogP contribution in [-0.2, 0) is 11.3 Å². The fraction of sp³-hybridized carbons (Fsp3) is 0.533. The van der Waals surface area contributed by atoms with E-state index in [1.165, 1.54) is 24.0 Å². The van der Waals surface area contributed by atoms with Crippen LogP contribution in [0.1, 0.15) is 43.7 Å². The molecule has 0 saturated heterocycles. The molecule has 0 unspecified atom stereocenters. The van der Waals surface area contributed by atoms with Gasteiger partial charge in [0, 0.05) is 13.1 Å². The molecule has 1 aliphatic carbocycles. The SMILES string of the molecule is CC(C)(CNCc1ccc(C2CC2)cc1)C(N)=O. The first-order valence-electron chi connectivity index (χ1n) is 6.58. The summed E-state index contributed by atoms with van der Waals surface area (Å²) >= 11 is 0. The third-order valence-corrected chi connectivity index (χ3v) is 3.59. The van der Waals surface area contributed by atoms with Crippen LogP contribution >= 0.6 is 0 Å². The highest BCUT2D eigenvalue weighted by molar-refractivity contribution is 5.80. The molecule has 1 fully saturated rings. The molecule has 0 radical (unpaired) electrons. The highest BCUT2D eigenvalue weighted by Gasteiger charge is 2.24. The second-order valence-electron chi connectivity index (χ2n) is 5.87. The van der Waals surface area contributed by atoms with E-state index >= 15 is 0 Å². The first-order valence-corrected chi connectivity index (χ1v) is 6.58. The van der Waals surface area contributed by atoms with Gasteiger partial charge < -0.3 is 11.1 Å². The molecule has 0 atom stereocenters. The third-order valence-electron chi connectivity index (χ3n) is 3.59. The van der Waals surface area contributed by atoms with Crippen molar-refractivity contribution in [2.45, 2.75) is 39.2 Å². The zero-order chi connectivity index (χ0) is 13.2. The number of carbonyl (C=O) groups excluding carboxylic acids is 1. The lowest BCUT2D eigenvalue weighted by Crippen LogP contribution is -2.40. The summed E-state index contributed by atoms with van der Waals surface area (Å²) in [6, 6.07) is 8.76. The lowest BCUT2D eigenvalue weighted by Gasteiger charge is -2.20. The third kappa shape index (κ3) is 3.33. The second kappa shape index (κ2) is 5.11. The number of nitrogens with one attached hydrogen (secondary N) is 1. The fourth-order valence-electron chi connectivity index (χ4n) is 1.93. The van der Waals surface area contributed by atoms with E-state index in [-0.39, 0.29) is 5.91 Å². The van der Waals surface area contributed by atoms with Gasteiger partial charge in [-0.1, -0.05) is 24.3 Å². The van der Waals surface area contributed by atoms with Crippen molar-refractivity contribution in [2.24, 2.45) is 11.1 Å². The molecular formula is C15H22N2O. The average Bonchev–Trinajstić information content (AvgIpc) is 3.13. The summed E-state index contributed by atoms with van der Waals surface area (Å²) in [4.78, 5) is 11.2. The standard InChI is InChI=1S/C15H22N2O/c1-15(2,14(16)18)10-17-9-11-3-5-12(6-4-11)13-7-8-13/h3-6,13,17H,7-10H2,1-2H3,(H2,16,18). The number of primary amides is 1. The summed E-state index contributed by atoms with van der Waals surface area (Å²) in [6.45, 7) is 5.10. The molecule has 3 nitrogen and oxygen atoms in total. The van der Waals surface area contributed by atoms with Crippen LogP contribution in [0.4, 0.5) is 0 Å². The van der Waals surface area contributed by atoms with Crippen LogP contribution in [0.5, 0.6) is 0 Å². The zero-order valence-corrected chi connectivity index (χ0v) is 11.2. The molecule has 98 valence electrons. The monoisotopic (exact) mass is 246 g/mol. The van der Waals surface area contributed by atoms with E-state index in [1.807, 2.05) is 13.8 Å². The minimum absolute atomic E-state index is 0.265. The summed E-state index contributed by atoms with van der Waals surface area (Å²) in [7, 11) is 0. The molecular weight excluding hydrogens is 224 g/mol. The smallest absolute Gasteiger partial charge is 0.224 e. The molecule has 1 aromatic carbocycles. The molecule has 1 aromatic rings. The van der Waals surface area contributed by atoms with Gasteiger partial charge >= 0.3 is 0 Å². The number of rotatable bonds is 6. The number of nitrogens with two attached hydrogens (primary N) is 1. The fourth-order valence-corrected chi connectivity index (χ4v) is 1.93. The average molecular weight is 246 g/mol. The molecule has 3 N–H and O–H groups in total. The Balaban J connectivity index is 1.81. The first kappa shape index (κ1) is 13.1. The van der Waals surface area contributed by atoms with E-state index in [9.17, 15) is 4.79 Å². The van der Waals surface area contributed by atoms with Crippen LogP contribution in [0.25, 0.3) is 0 Å². The van der Waals surface area contributed by atoms with E-state index in [1.54, 1.807) is 0 Å². The van der Waals surface area contributed by atoms with Crippen molar-refractivity contribution in [1.82, 2.24) is 5.32 Å². The number of hydrogen-bond donors (Lipinski definition) is 2. The molecule has 2 rings (SSSR count). The lowest BCUT2D eigenvalue weighted by molar-refractivity contribution is -0.125. The number of carbonyl (C=O) groups is 1. The maximum Gasteiger partial charge on any atom is 0.224 e. The number of hydrogen-bond acceptors (Lipinski definition) is 2. The Hall–Kier alpha value is -1.35. The summed E-state index contributed by atoms with van der Waals surface area (Å²) in [5, 5.41) is 3.29. The summed E-state index contributed by atoms with van der Waals surface area (Å²) in [6.07, 6.45) is 2.68. The Morgan fingerprint density at radius 3 is 2.44 bits per heavy atom. The topological polar surface area (TPSA) is 55.1 Å². The minimum atomic E-state index is -0.492. The summed E-state index contributed by atoms with van der Waals surface area (Å²) < 4.78 is 0. The van der Waals surface area contributed by atoms with Crippen LogP contribution in [0.3, 0.4) is 0 Å². The van der Waals surface area contributed by atoms with Gasteiger partial charge in [0.2, 0.25) is 5.91 Å². The molecule has 1 saturated carbocycles. The largest absolute Gasteiger partial charge is 0.369 e. The van der Waals surface area contributed by atoms with Crippen molar-refractivity contribution in [2.75, 3.05) is 6.54 Å². The van der Waals surface area contributed by atoms with E-state index in [0.29, 0.717) is 6.54 Å². The van der Waals surface area contributed by atoms with Crippen LogP contribution in [0, 0.1) is 5.41 Å². The predicted octanol–water partition coefficient (Wildman–Crippen LogP) is 2.17. The first-order chi connectivity index (χ1) is 8.49. The van der Waals surface area contributed by atoms with Crippen LogP contribution in [0.15, 0.2) is 24.3 Å². The van der Waals surface area contributed by atoms with Gasteiger partial charge in [0.05, 0.1) is 5.41 Å². The highest BCUT2D eigenvalue weighted by atomic mass is 16.1. The van der Waals surface area contributed by atoms with Gasteiger partial charge in [-0.3, -0.25) is 4.79 Å². The van der Waals surface area contributed by atoms with Crippen LogP contribution < -0.4 is 11.1 Å². The summed E-state index contributed by atoms with van der Waals surface area (Å²) in [5.41, 5.74) is 7.54. The van der Waals surface area contributed by atoms with E-state index < -0.39 is 5.41 Å². The van der Waals surface area contributed by atoms with E-state index in [2.05, 4.69) is 29.6 Å². The Labute approximate surface area is 109 Å². The van der Waals surface area contributed by atoms with Crippen molar-refractivity contribution in [3.05, 3.63) is 35.4 Å². The van der Waals surface area contributed by atoms with Crippen molar-refractivity contribution in [1.29, 1.82) is 0 Å². The molecule has 18 heavy (non-hydrogen) atoms. The Morgan fingerprint density at radius 1 is 1.33 bits per heavy atom. The maximum atomic E-state index is 11.2. The van der Waals surface area contributed by atoms with Gasteiger partial charge in [0.25, 0.3) is 0 Å². The molecule has 1 amide bonds. The Kier molecular flexibility index (Phi) is 3.71. The maximum absolute atomic E-state index is 11.2. The van der Waals surface area contributed by atoms with E-state index in [0.717, 1.165) is 12.5 Å². The van der Waals surface area contributed by atoms with Gasteiger partial charge in [-0.15, -0.1) is 0 Å². The zero-order valence-electron chi connectivity index (χ0n) is 11.2. The Bertz CT molecular complexity index is 419. The van der Waals surface area contributed by atoms with Crippen molar-refractivity contribution < 1.29 is 4.79 Å². The van der Waals surface area contributed by atoms with Gasteiger partial charge in [-0.25, -0.2) is 0 Å². The number of benzene rings is 1. The van der Waals surface area contributed by atoms with Crippen LogP contribution in [-0.4, -0.2) is 12.5 Å². The second-order valence-corrected chi connectivity index (χ2v) is 5.87. The van der Waals surface area contributed by atoms with Gasteiger partial charge in [-0.05, 0) is 43.7 Å². The lowest BCUT2D eigenvalue weighted by atomic mass is 9.93. The van der Waals surface area contributed by atoms with Crippen LogP contribution in [0.2, 0.25) is 0 Å². The van der Waals surface area contributed by atoms with Crippen molar-refractivity contribution >= 4 is 5.91 Å². The number of amides is 1. The highest BCUT2D eigenvalue weighted by Crippen LogP contribution is 2.39. The van der Waals surface area contributed by atoms with Gasteiger partial charge in [0.1, 0.15) is 0 Å². The Morgan fingerprint density at radius 2 is 1.94 bits per heavy atom. The van der Waals surface area contributed by atoms with Gasteiger partial charge in [-0.2, -0.15) is 0 Å². The molecule has 3 heteroatoms. The molecule has 0 heterocycles. The quantitative estimate of drug-likeness (QED) is 0.808. The minimum Gasteiger partial charge on any atom is -0.369 e.